The van der Waals surface area contributed by atoms with Gasteiger partial charge >= 0.3 is 0 Å². The van der Waals surface area contributed by atoms with Crippen LogP contribution in [0, 0.1) is 13.8 Å². The van der Waals surface area contributed by atoms with Crippen LogP contribution in [0.5, 0.6) is 0 Å². The Kier molecular flexibility index (Phi) is 7.12. The standard InChI is InChI=1S/C24H35N3O2/c1-17(2)26-13-9-7-6-8-10-14-27(20(5)28)23-12-11-21(15-22(23)16-26)24-18(3)25-29-19(24)4/h11-12,15,17H,6-10,13-14,16H2,1-5H3. The Bertz CT molecular complexity index is 821. The second-order valence-electron chi connectivity index (χ2n) is 8.55. The summed E-state index contributed by atoms with van der Waals surface area (Å²) in [6, 6.07) is 6.91. The average molecular weight is 398 g/mol. The molecule has 1 aliphatic rings. The van der Waals surface area contributed by atoms with Crippen molar-refractivity contribution in [2.45, 2.75) is 79.3 Å². The van der Waals surface area contributed by atoms with Gasteiger partial charge in [-0.2, -0.15) is 0 Å². The Morgan fingerprint density at radius 1 is 1.07 bits per heavy atom. The first-order valence-corrected chi connectivity index (χ1v) is 11.0. The number of aryl methyl sites for hydroxylation is 2. The smallest absolute Gasteiger partial charge is 0.223 e. The molecule has 2 aromatic rings. The number of nitrogens with zero attached hydrogens (tertiary/aromatic N) is 3. The van der Waals surface area contributed by atoms with Crippen LogP contribution >= 0.6 is 0 Å². The molecule has 1 aromatic heterocycles. The minimum atomic E-state index is 0.115. The van der Waals surface area contributed by atoms with E-state index in [0.717, 1.165) is 54.3 Å². The van der Waals surface area contributed by atoms with Gasteiger partial charge in [0.15, 0.2) is 0 Å². The third kappa shape index (κ3) is 5.08. The molecule has 0 aliphatic carbocycles. The molecule has 1 aliphatic heterocycles. The van der Waals surface area contributed by atoms with Crippen molar-refractivity contribution in [1.29, 1.82) is 0 Å². The van der Waals surface area contributed by atoms with E-state index in [1.165, 1.54) is 31.2 Å². The van der Waals surface area contributed by atoms with E-state index < -0.39 is 0 Å². The summed E-state index contributed by atoms with van der Waals surface area (Å²) < 4.78 is 5.40. The number of hydrogen-bond donors (Lipinski definition) is 0. The van der Waals surface area contributed by atoms with E-state index in [-0.39, 0.29) is 5.91 Å². The highest BCUT2D eigenvalue weighted by Crippen LogP contribution is 2.33. The lowest BCUT2D eigenvalue weighted by molar-refractivity contribution is -0.116. The number of carbonyl (C=O) groups is 1. The Labute approximate surface area is 175 Å². The zero-order valence-electron chi connectivity index (χ0n) is 18.6. The molecule has 0 N–H and O–H groups in total. The first kappa shape index (κ1) is 21.6. The lowest BCUT2D eigenvalue weighted by Gasteiger charge is -2.31. The summed E-state index contributed by atoms with van der Waals surface area (Å²) >= 11 is 0. The Balaban J connectivity index is 2.08. The van der Waals surface area contributed by atoms with Crippen LogP contribution in [-0.2, 0) is 11.3 Å². The van der Waals surface area contributed by atoms with E-state index in [2.05, 4.69) is 42.1 Å². The van der Waals surface area contributed by atoms with Crippen molar-refractivity contribution in [3.05, 3.63) is 35.2 Å². The van der Waals surface area contributed by atoms with E-state index in [1.807, 2.05) is 18.7 Å². The molecule has 0 fully saturated rings. The minimum Gasteiger partial charge on any atom is -0.361 e. The predicted molar refractivity (Wildman–Crippen MR) is 118 cm³/mol. The normalized spacial score (nSPS) is 17.0. The van der Waals surface area contributed by atoms with E-state index in [1.54, 1.807) is 6.92 Å². The molecular weight excluding hydrogens is 362 g/mol. The van der Waals surface area contributed by atoms with Crippen LogP contribution in [0.3, 0.4) is 0 Å². The van der Waals surface area contributed by atoms with Gasteiger partial charge in [-0.15, -0.1) is 0 Å². The van der Waals surface area contributed by atoms with Gasteiger partial charge in [-0.3, -0.25) is 9.69 Å². The van der Waals surface area contributed by atoms with Gasteiger partial charge < -0.3 is 9.42 Å². The second kappa shape index (κ2) is 9.57. The Morgan fingerprint density at radius 3 is 2.38 bits per heavy atom. The van der Waals surface area contributed by atoms with Crippen LogP contribution in [-0.4, -0.2) is 35.1 Å². The number of aromatic nitrogens is 1. The SMILES string of the molecule is CC(=O)N1CCCCCCCN(C(C)C)Cc2cc(-c3c(C)noc3C)ccc21. The van der Waals surface area contributed by atoms with Crippen LogP contribution in [0.25, 0.3) is 11.1 Å². The average Bonchev–Trinajstić information content (AvgIpc) is 3.00. The Hall–Kier alpha value is -2.14. The molecule has 1 aromatic carbocycles. The summed E-state index contributed by atoms with van der Waals surface area (Å²) in [5.41, 5.74) is 5.31. The van der Waals surface area contributed by atoms with Gasteiger partial charge in [-0.1, -0.05) is 30.5 Å². The zero-order valence-corrected chi connectivity index (χ0v) is 18.6. The third-order valence-electron chi connectivity index (χ3n) is 6.00. The molecule has 5 heteroatoms. The molecule has 0 radical (unpaired) electrons. The molecule has 0 unspecified atom stereocenters. The number of anilines is 1. The lowest BCUT2D eigenvalue weighted by Crippen LogP contribution is -2.34. The van der Waals surface area contributed by atoms with E-state index in [0.29, 0.717) is 6.04 Å². The minimum absolute atomic E-state index is 0.115. The number of hydrogen-bond acceptors (Lipinski definition) is 4. The number of amides is 1. The molecule has 158 valence electrons. The van der Waals surface area contributed by atoms with Crippen molar-refractivity contribution in [2.24, 2.45) is 0 Å². The third-order valence-corrected chi connectivity index (χ3v) is 6.00. The second-order valence-corrected chi connectivity index (χ2v) is 8.55. The number of benzene rings is 1. The number of fused-ring (bicyclic) bond motifs is 1. The topological polar surface area (TPSA) is 49.6 Å². The highest BCUT2D eigenvalue weighted by molar-refractivity contribution is 5.93. The van der Waals surface area contributed by atoms with Crippen LogP contribution in [0.2, 0.25) is 0 Å². The maximum Gasteiger partial charge on any atom is 0.223 e. The summed E-state index contributed by atoms with van der Waals surface area (Å²) in [4.78, 5) is 17.0. The largest absolute Gasteiger partial charge is 0.361 e. The van der Waals surface area contributed by atoms with Crippen molar-refractivity contribution in [2.75, 3.05) is 18.0 Å². The van der Waals surface area contributed by atoms with Gasteiger partial charge in [0.2, 0.25) is 5.91 Å². The van der Waals surface area contributed by atoms with Crippen LogP contribution in [0.1, 0.15) is 69.9 Å². The first-order chi connectivity index (χ1) is 13.9. The summed E-state index contributed by atoms with van der Waals surface area (Å²) in [7, 11) is 0. The zero-order chi connectivity index (χ0) is 21.0. The summed E-state index contributed by atoms with van der Waals surface area (Å²) in [5, 5.41) is 4.12. The van der Waals surface area contributed by atoms with Gasteiger partial charge in [-0.05, 0) is 70.3 Å². The van der Waals surface area contributed by atoms with Crippen molar-refractivity contribution in [3.8, 4) is 11.1 Å². The van der Waals surface area contributed by atoms with Crippen molar-refractivity contribution in [1.82, 2.24) is 10.1 Å². The molecule has 2 heterocycles. The van der Waals surface area contributed by atoms with Gasteiger partial charge in [0.25, 0.3) is 0 Å². The fraction of sp³-hybridized carbons (Fsp3) is 0.583. The van der Waals surface area contributed by atoms with Crippen molar-refractivity contribution < 1.29 is 9.32 Å². The van der Waals surface area contributed by atoms with Crippen LogP contribution < -0.4 is 4.90 Å². The Morgan fingerprint density at radius 2 is 1.76 bits per heavy atom. The van der Waals surface area contributed by atoms with Gasteiger partial charge in [-0.25, -0.2) is 0 Å². The molecule has 0 saturated heterocycles. The quantitative estimate of drug-likeness (QED) is 0.673. The molecule has 3 rings (SSSR count). The lowest BCUT2D eigenvalue weighted by atomic mass is 9.98. The van der Waals surface area contributed by atoms with E-state index in [4.69, 9.17) is 4.52 Å². The van der Waals surface area contributed by atoms with Gasteiger partial charge in [0.05, 0.1) is 5.69 Å². The predicted octanol–water partition coefficient (Wildman–Crippen LogP) is 5.49. The fourth-order valence-corrected chi connectivity index (χ4v) is 4.33. The highest BCUT2D eigenvalue weighted by Gasteiger charge is 2.21. The number of carbonyl (C=O) groups excluding carboxylic acids is 1. The van der Waals surface area contributed by atoms with E-state index >= 15 is 0 Å². The molecule has 29 heavy (non-hydrogen) atoms. The first-order valence-electron chi connectivity index (χ1n) is 11.0. The molecule has 0 atom stereocenters. The summed E-state index contributed by atoms with van der Waals surface area (Å²) in [5.74, 6) is 0.948. The maximum atomic E-state index is 12.5. The fourth-order valence-electron chi connectivity index (χ4n) is 4.33. The van der Waals surface area contributed by atoms with Gasteiger partial charge in [0, 0.05) is 37.3 Å². The molecule has 0 saturated carbocycles. The molecule has 5 nitrogen and oxygen atoms in total. The van der Waals surface area contributed by atoms with Crippen molar-refractivity contribution >= 4 is 11.6 Å². The summed E-state index contributed by atoms with van der Waals surface area (Å²) in [6.07, 6.45) is 5.97. The monoisotopic (exact) mass is 397 g/mol. The maximum absolute atomic E-state index is 12.5. The number of rotatable bonds is 2. The van der Waals surface area contributed by atoms with Crippen LogP contribution in [0.4, 0.5) is 5.69 Å². The molecule has 1 amide bonds. The highest BCUT2D eigenvalue weighted by atomic mass is 16.5. The molecule has 0 spiro atoms. The summed E-state index contributed by atoms with van der Waals surface area (Å²) in [6.45, 7) is 12.8. The molecular formula is C24H35N3O2. The molecule has 0 bridgehead atoms. The van der Waals surface area contributed by atoms with Crippen molar-refractivity contribution in [3.63, 3.8) is 0 Å². The van der Waals surface area contributed by atoms with Crippen LogP contribution in [0.15, 0.2) is 22.7 Å². The van der Waals surface area contributed by atoms with E-state index in [9.17, 15) is 4.79 Å². The van der Waals surface area contributed by atoms with Gasteiger partial charge in [0.1, 0.15) is 5.76 Å².